The van der Waals surface area contributed by atoms with Crippen LogP contribution < -0.4 is 10.1 Å². The fraction of sp³-hybridized carbons (Fsp3) is 0.292. The first-order valence-electron chi connectivity index (χ1n) is 10.3. The van der Waals surface area contributed by atoms with E-state index in [0.29, 0.717) is 35.9 Å². The average Bonchev–Trinajstić information content (AvgIpc) is 3.23. The van der Waals surface area contributed by atoms with Crippen LogP contribution in [0.15, 0.2) is 53.9 Å². The number of hydrogen-bond donors (Lipinski definition) is 1. The first-order chi connectivity index (χ1) is 15.5. The number of hydrogen-bond acceptors (Lipinski definition) is 6. The maximum atomic E-state index is 12.0. The Balaban J connectivity index is 1.29. The van der Waals surface area contributed by atoms with Crippen molar-refractivity contribution in [1.82, 2.24) is 10.3 Å². The Morgan fingerprint density at radius 3 is 2.59 bits per heavy atom. The largest absolute Gasteiger partial charge is 0.486 e. The second kappa shape index (κ2) is 12.2. The number of rotatable bonds is 11. The summed E-state index contributed by atoms with van der Waals surface area (Å²) in [7, 11) is 0. The highest BCUT2D eigenvalue weighted by Gasteiger charge is 2.10. The van der Waals surface area contributed by atoms with Crippen LogP contribution >= 0.6 is 22.9 Å². The number of nitrogens with one attached hydrogen (secondary N) is 1. The molecule has 0 aliphatic carbocycles. The summed E-state index contributed by atoms with van der Waals surface area (Å²) in [5, 5.41) is 6.00. The smallest absolute Gasteiger partial charge is 0.311 e. The van der Waals surface area contributed by atoms with Crippen LogP contribution in [0.25, 0.3) is 0 Å². The quantitative estimate of drug-likeness (QED) is 0.328. The van der Waals surface area contributed by atoms with Gasteiger partial charge in [-0.05, 0) is 43.2 Å². The van der Waals surface area contributed by atoms with Gasteiger partial charge in [-0.3, -0.25) is 9.59 Å². The molecule has 6 nitrogen and oxygen atoms in total. The molecule has 2 aromatic carbocycles. The van der Waals surface area contributed by atoms with Crippen LogP contribution in [0.2, 0.25) is 5.02 Å². The van der Waals surface area contributed by atoms with E-state index in [1.165, 1.54) is 16.9 Å². The maximum absolute atomic E-state index is 12.0. The van der Waals surface area contributed by atoms with Crippen molar-refractivity contribution in [2.75, 3.05) is 13.2 Å². The summed E-state index contributed by atoms with van der Waals surface area (Å²) in [5.74, 6) is 0.257. The Morgan fingerprint density at radius 2 is 1.84 bits per heavy atom. The Kier molecular flexibility index (Phi) is 9.07. The molecule has 1 amide bonds. The summed E-state index contributed by atoms with van der Waals surface area (Å²) in [6.45, 7) is 2.76. The van der Waals surface area contributed by atoms with Crippen LogP contribution in [0.4, 0.5) is 0 Å². The van der Waals surface area contributed by atoms with Crippen molar-refractivity contribution in [3.63, 3.8) is 0 Å². The Hall–Kier alpha value is -2.90. The molecule has 0 spiro atoms. The van der Waals surface area contributed by atoms with Crippen molar-refractivity contribution in [2.24, 2.45) is 0 Å². The second-order valence-electron chi connectivity index (χ2n) is 7.21. The summed E-state index contributed by atoms with van der Waals surface area (Å²) < 4.78 is 10.8. The topological polar surface area (TPSA) is 77.5 Å². The number of ether oxygens (including phenoxy) is 2. The van der Waals surface area contributed by atoms with E-state index >= 15 is 0 Å². The fourth-order valence-electron chi connectivity index (χ4n) is 2.83. The van der Waals surface area contributed by atoms with Crippen molar-refractivity contribution in [1.29, 1.82) is 0 Å². The van der Waals surface area contributed by atoms with Gasteiger partial charge < -0.3 is 14.8 Å². The SMILES string of the molecule is Cc1ccc(CCC(=O)NCCOC(=O)Cc2csc(COc3ccc(Cl)cc3)n2)cc1. The summed E-state index contributed by atoms with van der Waals surface area (Å²) in [6, 6.07) is 15.2. The molecule has 0 atom stereocenters. The van der Waals surface area contributed by atoms with Crippen LogP contribution in [0, 0.1) is 6.92 Å². The van der Waals surface area contributed by atoms with E-state index in [2.05, 4.69) is 10.3 Å². The fourth-order valence-corrected chi connectivity index (χ4v) is 3.66. The molecule has 8 heteroatoms. The number of esters is 1. The molecule has 1 N–H and O–H groups in total. The Morgan fingerprint density at radius 1 is 1.09 bits per heavy atom. The third kappa shape index (κ3) is 8.32. The molecule has 3 aromatic rings. The highest BCUT2D eigenvalue weighted by atomic mass is 35.5. The highest BCUT2D eigenvalue weighted by Crippen LogP contribution is 2.18. The first kappa shape index (κ1) is 23.8. The third-order valence-corrected chi connectivity index (χ3v) is 5.67. The molecule has 0 saturated carbocycles. The lowest BCUT2D eigenvalue weighted by Gasteiger charge is -2.07. The van der Waals surface area contributed by atoms with E-state index in [0.717, 1.165) is 10.6 Å². The molecule has 0 aliphatic rings. The van der Waals surface area contributed by atoms with Gasteiger partial charge >= 0.3 is 5.97 Å². The molecule has 0 saturated heterocycles. The van der Waals surface area contributed by atoms with Crippen molar-refractivity contribution >= 4 is 34.8 Å². The Bertz CT molecular complexity index is 1020. The van der Waals surface area contributed by atoms with Crippen molar-refractivity contribution in [3.05, 3.63) is 80.8 Å². The number of benzene rings is 2. The molecular formula is C24H25ClN2O4S. The molecule has 0 fully saturated rings. The van der Waals surface area contributed by atoms with Gasteiger partial charge in [0, 0.05) is 16.8 Å². The van der Waals surface area contributed by atoms with Crippen molar-refractivity contribution < 1.29 is 19.1 Å². The zero-order valence-corrected chi connectivity index (χ0v) is 19.4. The van der Waals surface area contributed by atoms with Gasteiger partial charge in [-0.1, -0.05) is 41.4 Å². The molecule has 168 valence electrons. The lowest BCUT2D eigenvalue weighted by atomic mass is 10.1. The van der Waals surface area contributed by atoms with E-state index in [4.69, 9.17) is 21.1 Å². The van der Waals surface area contributed by atoms with E-state index in [1.54, 1.807) is 24.3 Å². The van der Waals surface area contributed by atoms with Gasteiger partial charge in [-0.2, -0.15) is 0 Å². The average molecular weight is 473 g/mol. The number of aromatic nitrogens is 1. The summed E-state index contributed by atoms with van der Waals surface area (Å²) in [4.78, 5) is 28.3. The van der Waals surface area contributed by atoms with Gasteiger partial charge in [0.05, 0.1) is 18.7 Å². The number of thiazole rings is 1. The summed E-state index contributed by atoms with van der Waals surface area (Å²) >= 11 is 7.28. The number of halogens is 1. The van der Waals surface area contributed by atoms with E-state index in [1.807, 2.05) is 36.6 Å². The summed E-state index contributed by atoms with van der Waals surface area (Å²) in [6.07, 6.45) is 1.16. The minimum atomic E-state index is -0.380. The number of carbonyl (C=O) groups is 2. The van der Waals surface area contributed by atoms with Gasteiger partial charge in [-0.25, -0.2) is 4.98 Å². The molecule has 0 radical (unpaired) electrons. The minimum absolute atomic E-state index is 0.0635. The molecule has 3 rings (SSSR count). The van der Waals surface area contributed by atoms with E-state index < -0.39 is 0 Å². The maximum Gasteiger partial charge on any atom is 0.311 e. The molecule has 32 heavy (non-hydrogen) atoms. The van der Waals surface area contributed by atoms with Gasteiger partial charge in [0.2, 0.25) is 5.91 Å². The molecule has 0 aliphatic heterocycles. The van der Waals surface area contributed by atoms with Crippen molar-refractivity contribution in [2.45, 2.75) is 32.8 Å². The molecule has 1 aromatic heterocycles. The zero-order chi connectivity index (χ0) is 22.8. The summed E-state index contributed by atoms with van der Waals surface area (Å²) in [5.41, 5.74) is 2.95. The van der Waals surface area contributed by atoms with Gasteiger partial charge in [0.25, 0.3) is 0 Å². The number of nitrogens with zero attached hydrogens (tertiary/aromatic N) is 1. The van der Waals surface area contributed by atoms with Crippen LogP contribution in [0.5, 0.6) is 5.75 Å². The predicted molar refractivity (Wildman–Crippen MR) is 125 cm³/mol. The standard InChI is InChI=1S/C24H25ClN2O4S/c1-17-2-4-18(5-3-17)6-11-22(28)26-12-13-30-24(29)14-20-16-32-23(27-20)15-31-21-9-7-19(25)8-10-21/h2-5,7-10,16H,6,11-15H2,1H3,(H,26,28). The van der Waals surface area contributed by atoms with Crippen LogP contribution in [-0.4, -0.2) is 30.0 Å². The lowest BCUT2D eigenvalue weighted by Crippen LogP contribution is -2.28. The van der Waals surface area contributed by atoms with Crippen LogP contribution in [-0.2, 0) is 33.8 Å². The zero-order valence-electron chi connectivity index (χ0n) is 17.8. The van der Waals surface area contributed by atoms with Gasteiger partial charge in [0.15, 0.2) is 0 Å². The van der Waals surface area contributed by atoms with Gasteiger partial charge in [-0.15, -0.1) is 11.3 Å². The molecule has 1 heterocycles. The van der Waals surface area contributed by atoms with Crippen LogP contribution in [0.1, 0.15) is 28.2 Å². The Labute approximate surface area is 196 Å². The normalized spacial score (nSPS) is 10.6. The monoisotopic (exact) mass is 472 g/mol. The second-order valence-corrected chi connectivity index (χ2v) is 8.59. The first-order valence-corrected chi connectivity index (χ1v) is 11.5. The lowest BCUT2D eigenvalue weighted by molar-refractivity contribution is -0.143. The van der Waals surface area contributed by atoms with E-state index in [9.17, 15) is 9.59 Å². The third-order valence-electron chi connectivity index (χ3n) is 4.55. The molecule has 0 bridgehead atoms. The number of aryl methyl sites for hydroxylation is 2. The van der Waals surface area contributed by atoms with Gasteiger partial charge in [0.1, 0.15) is 24.0 Å². The predicted octanol–water partition coefficient (Wildman–Crippen LogP) is 4.52. The number of amides is 1. The molecular weight excluding hydrogens is 448 g/mol. The van der Waals surface area contributed by atoms with Crippen LogP contribution in [0.3, 0.4) is 0 Å². The van der Waals surface area contributed by atoms with E-state index in [-0.39, 0.29) is 31.4 Å². The number of carbonyl (C=O) groups excluding carboxylic acids is 2. The highest BCUT2D eigenvalue weighted by molar-refractivity contribution is 7.09. The van der Waals surface area contributed by atoms with Crippen molar-refractivity contribution in [3.8, 4) is 5.75 Å². The molecule has 0 unspecified atom stereocenters. The minimum Gasteiger partial charge on any atom is -0.486 e.